The lowest BCUT2D eigenvalue weighted by Crippen LogP contribution is -2.45. The van der Waals surface area contributed by atoms with Crippen molar-refractivity contribution in [1.82, 2.24) is 15.2 Å². The zero-order chi connectivity index (χ0) is 24.8. The number of halogens is 1. The molecule has 1 aliphatic rings. The lowest BCUT2D eigenvalue weighted by Gasteiger charge is -2.24. The standard InChI is InChI=1S/C22H24FN5O5S/c1-22(2,3)21-27-26-19(33-21)13-7-16-17(8-14(13)23)34(30,31)11-15(24)20(29)28(16)10-12-5-6-18(32-4)25-9-12/h5-9,15H,10-11,24H2,1-4H3/t15-/m0/s1. The molecule has 0 spiro atoms. The van der Waals surface area contributed by atoms with Crippen LogP contribution in [-0.4, -0.2) is 48.4 Å². The first kappa shape index (κ1) is 23.8. The lowest BCUT2D eigenvalue weighted by atomic mass is 9.97. The first-order valence-corrected chi connectivity index (χ1v) is 12.0. The van der Waals surface area contributed by atoms with Crippen LogP contribution in [0, 0.1) is 5.82 Å². The molecule has 0 radical (unpaired) electrons. The summed E-state index contributed by atoms with van der Waals surface area (Å²) in [6.45, 7) is 5.52. The minimum atomic E-state index is -4.07. The molecule has 0 unspecified atom stereocenters. The number of fused-ring (bicyclic) bond motifs is 1. The van der Waals surface area contributed by atoms with Gasteiger partial charge in [0, 0.05) is 17.7 Å². The van der Waals surface area contributed by atoms with Gasteiger partial charge in [0.05, 0.1) is 41.6 Å². The van der Waals surface area contributed by atoms with E-state index in [1.165, 1.54) is 24.3 Å². The van der Waals surface area contributed by atoms with Gasteiger partial charge in [0.2, 0.25) is 17.7 Å². The van der Waals surface area contributed by atoms with Gasteiger partial charge in [-0.1, -0.05) is 26.8 Å². The molecule has 10 nitrogen and oxygen atoms in total. The molecule has 180 valence electrons. The van der Waals surface area contributed by atoms with E-state index >= 15 is 4.39 Å². The predicted octanol–water partition coefficient (Wildman–Crippen LogP) is 2.22. The molecule has 3 aromatic rings. The minimum Gasteiger partial charge on any atom is -0.481 e. The molecular weight excluding hydrogens is 465 g/mol. The molecule has 2 aromatic heterocycles. The number of carbonyl (C=O) groups is 1. The first-order valence-electron chi connectivity index (χ1n) is 10.4. The first-order chi connectivity index (χ1) is 15.9. The number of benzene rings is 1. The van der Waals surface area contributed by atoms with Gasteiger partial charge in [-0.3, -0.25) is 4.79 Å². The number of amides is 1. The molecule has 0 fully saturated rings. The third kappa shape index (κ3) is 4.38. The van der Waals surface area contributed by atoms with Gasteiger partial charge >= 0.3 is 0 Å². The molecule has 1 atom stereocenters. The lowest BCUT2D eigenvalue weighted by molar-refractivity contribution is -0.119. The van der Waals surface area contributed by atoms with E-state index in [9.17, 15) is 13.2 Å². The number of aromatic nitrogens is 3. The maximum atomic E-state index is 15.1. The largest absolute Gasteiger partial charge is 0.481 e. The molecule has 1 aliphatic heterocycles. The maximum absolute atomic E-state index is 15.1. The highest BCUT2D eigenvalue weighted by molar-refractivity contribution is 7.91. The number of nitrogens with zero attached hydrogens (tertiary/aromatic N) is 4. The number of sulfone groups is 1. The molecule has 0 saturated heterocycles. The summed E-state index contributed by atoms with van der Waals surface area (Å²) in [7, 11) is -2.59. The van der Waals surface area contributed by atoms with E-state index in [4.69, 9.17) is 14.9 Å². The van der Waals surface area contributed by atoms with Gasteiger partial charge in [-0.25, -0.2) is 17.8 Å². The predicted molar refractivity (Wildman–Crippen MR) is 120 cm³/mol. The number of hydrogen-bond donors (Lipinski definition) is 1. The van der Waals surface area contributed by atoms with Gasteiger partial charge in [0.1, 0.15) is 5.82 Å². The molecule has 1 amide bonds. The van der Waals surface area contributed by atoms with Crippen molar-refractivity contribution < 1.29 is 26.8 Å². The van der Waals surface area contributed by atoms with Crippen LogP contribution in [0.1, 0.15) is 32.2 Å². The molecule has 4 rings (SSSR count). The van der Waals surface area contributed by atoms with Crippen LogP contribution in [0.3, 0.4) is 0 Å². The number of rotatable bonds is 4. The fourth-order valence-corrected chi connectivity index (χ4v) is 5.06. The zero-order valence-electron chi connectivity index (χ0n) is 19.1. The average molecular weight is 490 g/mol. The maximum Gasteiger partial charge on any atom is 0.250 e. The Morgan fingerprint density at radius 2 is 2.00 bits per heavy atom. The van der Waals surface area contributed by atoms with Gasteiger partial charge < -0.3 is 19.8 Å². The Balaban J connectivity index is 1.87. The van der Waals surface area contributed by atoms with Crippen molar-refractivity contribution >= 4 is 21.4 Å². The van der Waals surface area contributed by atoms with E-state index in [0.29, 0.717) is 11.4 Å². The van der Waals surface area contributed by atoms with Crippen molar-refractivity contribution in [3.63, 3.8) is 0 Å². The summed E-state index contributed by atoms with van der Waals surface area (Å²) in [6, 6.07) is 4.06. The van der Waals surface area contributed by atoms with E-state index in [0.717, 1.165) is 6.07 Å². The molecule has 1 aromatic carbocycles. The third-order valence-electron chi connectivity index (χ3n) is 5.30. The normalized spacial score (nSPS) is 17.9. The molecule has 34 heavy (non-hydrogen) atoms. The van der Waals surface area contributed by atoms with Gasteiger partial charge in [-0.15, -0.1) is 10.2 Å². The number of nitrogens with two attached hydrogens (primary N) is 1. The number of carbonyl (C=O) groups excluding carboxylic acids is 1. The molecule has 3 heterocycles. The van der Waals surface area contributed by atoms with Crippen molar-refractivity contribution in [2.45, 2.75) is 43.7 Å². The second-order valence-corrected chi connectivity index (χ2v) is 11.0. The van der Waals surface area contributed by atoms with Crippen molar-refractivity contribution in [2.24, 2.45) is 5.73 Å². The van der Waals surface area contributed by atoms with E-state index in [1.54, 1.807) is 12.1 Å². The van der Waals surface area contributed by atoms with Gasteiger partial charge in [0.15, 0.2) is 9.84 Å². The fraction of sp³-hybridized carbons (Fsp3) is 0.364. The zero-order valence-corrected chi connectivity index (χ0v) is 19.9. The van der Waals surface area contributed by atoms with Gasteiger partial charge in [0.25, 0.3) is 5.89 Å². The van der Waals surface area contributed by atoms with E-state index in [1.807, 2.05) is 20.8 Å². The van der Waals surface area contributed by atoms with Crippen LogP contribution in [-0.2, 0) is 26.6 Å². The monoisotopic (exact) mass is 489 g/mol. The highest BCUT2D eigenvalue weighted by Gasteiger charge is 2.37. The van der Waals surface area contributed by atoms with Crippen LogP contribution in [0.5, 0.6) is 5.88 Å². The minimum absolute atomic E-state index is 0.0272. The Kier molecular flexibility index (Phi) is 5.90. The highest BCUT2D eigenvalue weighted by atomic mass is 32.2. The molecule has 0 aliphatic carbocycles. The average Bonchev–Trinajstić information content (AvgIpc) is 3.25. The number of pyridine rings is 1. The van der Waals surface area contributed by atoms with Crippen LogP contribution in [0.25, 0.3) is 11.5 Å². The number of anilines is 1. The van der Waals surface area contributed by atoms with Crippen LogP contribution in [0.4, 0.5) is 10.1 Å². The smallest absolute Gasteiger partial charge is 0.250 e. The molecular formula is C22H24FN5O5S. The second-order valence-electron chi connectivity index (χ2n) is 8.98. The van der Waals surface area contributed by atoms with Crippen LogP contribution >= 0.6 is 0 Å². The van der Waals surface area contributed by atoms with Gasteiger partial charge in [-0.05, 0) is 17.7 Å². The molecule has 2 N–H and O–H groups in total. The van der Waals surface area contributed by atoms with E-state index < -0.39 is 38.8 Å². The Morgan fingerprint density at radius 1 is 1.26 bits per heavy atom. The van der Waals surface area contributed by atoms with Crippen LogP contribution in [0.2, 0.25) is 0 Å². The van der Waals surface area contributed by atoms with Crippen molar-refractivity contribution in [2.75, 3.05) is 17.8 Å². The van der Waals surface area contributed by atoms with E-state index in [-0.39, 0.29) is 34.5 Å². The fourth-order valence-electron chi connectivity index (χ4n) is 3.49. The summed E-state index contributed by atoms with van der Waals surface area (Å²) < 4.78 is 51.7. The third-order valence-corrected chi connectivity index (χ3v) is 7.10. The summed E-state index contributed by atoms with van der Waals surface area (Å²) in [6.07, 6.45) is 1.49. The van der Waals surface area contributed by atoms with Gasteiger partial charge in [-0.2, -0.15) is 0 Å². The molecule has 0 saturated carbocycles. The second kappa shape index (κ2) is 8.44. The van der Waals surface area contributed by atoms with Crippen molar-refractivity contribution in [3.05, 3.63) is 47.7 Å². The highest BCUT2D eigenvalue weighted by Crippen LogP contribution is 2.37. The molecule has 12 heteroatoms. The SMILES string of the molecule is COc1ccc(CN2C(=O)[C@@H](N)CS(=O)(=O)c3cc(F)c(-c4nnc(C(C)(C)C)o4)cc32)cn1. The quantitative estimate of drug-likeness (QED) is 0.584. The number of ether oxygens (including phenoxy) is 1. The van der Waals surface area contributed by atoms with Crippen LogP contribution < -0.4 is 15.4 Å². The Hall–Kier alpha value is -3.38. The van der Waals surface area contributed by atoms with Crippen LogP contribution in [0.15, 0.2) is 39.8 Å². The van der Waals surface area contributed by atoms with Crippen molar-refractivity contribution in [1.29, 1.82) is 0 Å². The summed E-state index contributed by atoms with van der Waals surface area (Å²) >= 11 is 0. The summed E-state index contributed by atoms with van der Waals surface area (Å²) in [5, 5.41) is 7.90. The Labute approximate surface area is 195 Å². The van der Waals surface area contributed by atoms with E-state index in [2.05, 4.69) is 15.2 Å². The topological polar surface area (TPSA) is 142 Å². The summed E-state index contributed by atoms with van der Waals surface area (Å²) in [5.41, 5.74) is 5.88. The van der Waals surface area contributed by atoms with Crippen molar-refractivity contribution in [3.8, 4) is 17.3 Å². The number of methoxy groups -OCH3 is 1. The Morgan fingerprint density at radius 3 is 2.59 bits per heavy atom. The summed E-state index contributed by atoms with van der Waals surface area (Å²) in [5.74, 6) is -1.62. The number of hydrogen-bond acceptors (Lipinski definition) is 9. The molecule has 0 bridgehead atoms. The summed E-state index contributed by atoms with van der Waals surface area (Å²) in [4.78, 5) is 18.1. The Bertz CT molecular complexity index is 1350.